The van der Waals surface area contributed by atoms with Crippen LogP contribution in [0.4, 0.5) is 0 Å². The van der Waals surface area contributed by atoms with Crippen molar-refractivity contribution in [1.82, 2.24) is 10.6 Å². The highest BCUT2D eigenvalue weighted by atomic mass is 16.7. The van der Waals surface area contributed by atoms with Gasteiger partial charge in [-0.25, -0.2) is 0 Å². The van der Waals surface area contributed by atoms with Crippen molar-refractivity contribution < 1.29 is 14.2 Å². The highest BCUT2D eigenvalue weighted by molar-refractivity contribution is 4.87. The molecule has 0 radical (unpaired) electrons. The second-order valence-electron chi connectivity index (χ2n) is 5.86. The van der Waals surface area contributed by atoms with Gasteiger partial charge in [0.15, 0.2) is 6.29 Å². The quantitative estimate of drug-likeness (QED) is 0.714. The molecule has 0 aromatic carbocycles. The molecule has 5 heteroatoms. The Morgan fingerprint density at radius 3 is 2.10 bits per heavy atom. The van der Waals surface area contributed by atoms with Gasteiger partial charge in [0, 0.05) is 25.3 Å². The predicted octanol–water partition coefficient (Wildman–Crippen LogP) is 1.87. The molecule has 1 aliphatic rings. The fourth-order valence-corrected chi connectivity index (χ4v) is 2.55. The molecule has 20 heavy (non-hydrogen) atoms. The van der Waals surface area contributed by atoms with Crippen molar-refractivity contribution in [2.24, 2.45) is 0 Å². The van der Waals surface area contributed by atoms with E-state index in [2.05, 4.69) is 38.3 Å². The fourth-order valence-electron chi connectivity index (χ4n) is 2.55. The molecule has 0 saturated carbocycles. The van der Waals surface area contributed by atoms with Crippen LogP contribution in [0.5, 0.6) is 0 Å². The normalized spacial score (nSPS) is 31.2. The van der Waals surface area contributed by atoms with Crippen molar-refractivity contribution in [2.45, 2.75) is 84.7 Å². The number of hydrogen-bond acceptors (Lipinski definition) is 5. The molecule has 0 spiro atoms. The zero-order valence-corrected chi connectivity index (χ0v) is 13.8. The van der Waals surface area contributed by atoms with Crippen LogP contribution in [-0.2, 0) is 14.2 Å². The zero-order valence-electron chi connectivity index (χ0n) is 13.8. The van der Waals surface area contributed by atoms with Gasteiger partial charge in [-0.1, -0.05) is 13.8 Å². The Kier molecular flexibility index (Phi) is 7.99. The first-order chi connectivity index (χ1) is 9.47. The van der Waals surface area contributed by atoms with Gasteiger partial charge in [0.05, 0.1) is 12.1 Å². The summed E-state index contributed by atoms with van der Waals surface area (Å²) in [7, 11) is 0. The van der Waals surface area contributed by atoms with Gasteiger partial charge >= 0.3 is 0 Å². The summed E-state index contributed by atoms with van der Waals surface area (Å²) in [4.78, 5) is 0. The van der Waals surface area contributed by atoms with Crippen molar-refractivity contribution in [3.63, 3.8) is 0 Å². The maximum atomic E-state index is 6.10. The van der Waals surface area contributed by atoms with Crippen LogP contribution in [0.15, 0.2) is 0 Å². The summed E-state index contributed by atoms with van der Waals surface area (Å²) in [6.07, 6.45) is 0.601. The Hall–Kier alpha value is -0.200. The number of ether oxygens (including phenoxy) is 3. The lowest BCUT2D eigenvalue weighted by Crippen LogP contribution is -2.60. The van der Waals surface area contributed by atoms with Crippen molar-refractivity contribution in [3.05, 3.63) is 0 Å². The molecule has 1 heterocycles. The second kappa shape index (κ2) is 8.95. The van der Waals surface area contributed by atoms with Crippen LogP contribution in [0.3, 0.4) is 0 Å². The molecule has 1 rings (SSSR count). The first kappa shape index (κ1) is 17.9. The summed E-state index contributed by atoms with van der Waals surface area (Å²) >= 11 is 0. The van der Waals surface area contributed by atoms with E-state index in [0.717, 1.165) is 6.42 Å². The van der Waals surface area contributed by atoms with Crippen LogP contribution in [0.25, 0.3) is 0 Å². The van der Waals surface area contributed by atoms with E-state index >= 15 is 0 Å². The number of nitrogens with one attached hydrogen (secondary N) is 2. The Morgan fingerprint density at radius 1 is 1.00 bits per heavy atom. The van der Waals surface area contributed by atoms with Crippen molar-refractivity contribution in [1.29, 1.82) is 0 Å². The smallest absolute Gasteiger partial charge is 0.175 e. The van der Waals surface area contributed by atoms with Gasteiger partial charge in [0.2, 0.25) is 0 Å². The SMILES string of the molecule is CCOC1CC(NC(C)C)C(OCC)OC1NC(C)C. The maximum Gasteiger partial charge on any atom is 0.175 e. The largest absolute Gasteiger partial charge is 0.374 e. The minimum atomic E-state index is -0.227. The third-order valence-corrected chi connectivity index (χ3v) is 3.19. The van der Waals surface area contributed by atoms with Crippen LogP contribution >= 0.6 is 0 Å². The van der Waals surface area contributed by atoms with E-state index in [1.54, 1.807) is 0 Å². The topological polar surface area (TPSA) is 51.8 Å². The standard InChI is InChI=1S/C15H32N2O3/c1-7-18-13-9-12(16-10(3)4)15(19-8-2)20-14(13)17-11(5)6/h10-17H,7-9H2,1-6H3. The molecule has 2 N–H and O–H groups in total. The van der Waals surface area contributed by atoms with Crippen molar-refractivity contribution in [2.75, 3.05) is 13.2 Å². The second-order valence-corrected chi connectivity index (χ2v) is 5.86. The van der Waals surface area contributed by atoms with Gasteiger partial charge in [0.25, 0.3) is 0 Å². The molecule has 0 aromatic rings. The zero-order chi connectivity index (χ0) is 15.1. The van der Waals surface area contributed by atoms with E-state index in [1.165, 1.54) is 0 Å². The monoisotopic (exact) mass is 288 g/mol. The van der Waals surface area contributed by atoms with E-state index in [0.29, 0.717) is 25.3 Å². The van der Waals surface area contributed by atoms with Crippen molar-refractivity contribution >= 4 is 0 Å². The minimum Gasteiger partial charge on any atom is -0.374 e. The molecular formula is C15H32N2O3. The van der Waals surface area contributed by atoms with Gasteiger partial charge in [-0.15, -0.1) is 0 Å². The number of rotatable bonds is 8. The first-order valence-corrected chi connectivity index (χ1v) is 7.88. The van der Waals surface area contributed by atoms with Crippen LogP contribution in [0, 0.1) is 0 Å². The van der Waals surface area contributed by atoms with Gasteiger partial charge in [0.1, 0.15) is 6.23 Å². The molecule has 1 aliphatic heterocycles. The highest BCUT2D eigenvalue weighted by Gasteiger charge is 2.39. The van der Waals surface area contributed by atoms with E-state index in [-0.39, 0.29) is 24.7 Å². The molecule has 1 saturated heterocycles. The Morgan fingerprint density at radius 2 is 1.60 bits per heavy atom. The average molecular weight is 288 g/mol. The molecule has 1 fully saturated rings. The van der Waals surface area contributed by atoms with Gasteiger partial charge in [-0.3, -0.25) is 5.32 Å². The number of hydrogen-bond donors (Lipinski definition) is 2. The molecule has 4 unspecified atom stereocenters. The summed E-state index contributed by atoms with van der Waals surface area (Å²) in [5.74, 6) is 0. The third kappa shape index (κ3) is 5.66. The first-order valence-electron chi connectivity index (χ1n) is 7.88. The Balaban J connectivity index is 2.73. The minimum absolute atomic E-state index is 0.0513. The molecule has 4 atom stereocenters. The van der Waals surface area contributed by atoms with Crippen LogP contribution < -0.4 is 10.6 Å². The molecular weight excluding hydrogens is 256 g/mol. The van der Waals surface area contributed by atoms with E-state index in [9.17, 15) is 0 Å². The molecule has 0 aliphatic carbocycles. The molecule has 0 aromatic heterocycles. The van der Waals surface area contributed by atoms with Gasteiger partial charge < -0.3 is 19.5 Å². The summed E-state index contributed by atoms with van der Waals surface area (Å²) in [5.41, 5.74) is 0. The summed E-state index contributed by atoms with van der Waals surface area (Å²) in [6, 6.07) is 0.903. The van der Waals surface area contributed by atoms with Gasteiger partial charge in [-0.05, 0) is 34.1 Å². The van der Waals surface area contributed by atoms with Crippen LogP contribution in [0.1, 0.15) is 48.0 Å². The van der Waals surface area contributed by atoms with Crippen LogP contribution in [-0.4, -0.2) is 50.0 Å². The predicted molar refractivity (Wildman–Crippen MR) is 80.6 cm³/mol. The lowest BCUT2D eigenvalue weighted by atomic mass is 10.0. The average Bonchev–Trinajstić information content (AvgIpc) is 2.33. The summed E-state index contributed by atoms with van der Waals surface area (Å²) in [5, 5.41) is 6.94. The van der Waals surface area contributed by atoms with Gasteiger partial charge in [-0.2, -0.15) is 0 Å². The third-order valence-electron chi connectivity index (χ3n) is 3.19. The highest BCUT2D eigenvalue weighted by Crippen LogP contribution is 2.23. The van der Waals surface area contributed by atoms with E-state index in [1.807, 2.05) is 13.8 Å². The molecule has 0 bridgehead atoms. The lowest BCUT2D eigenvalue weighted by molar-refractivity contribution is -0.250. The fraction of sp³-hybridized carbons (Fsp3) is 1.00. The maximum absolute atomic E-state index is 6.10. The van der Waals surface area contributed by atoms with E-state index < -0.39 is 0 Å². The Labute approximate surface area is 123 Å². The van der Waals surface area contributed by atoms with E-state index in [4.69, 9.17) is 14.2 Å². The van der Waals surface area contributed by atoms with Crippen LogP contribution in [0.2, 0.25) is 0 Å². The molecule has 5 nitrogen and oxygen atoms in total. The summed E-state index contributed by atoms with van der Waals surface area (Å²) in [6.45, 7) is 13.9. The Bertz CT molecular complexity index is 236. The molecule has 0 amide bonds. The van der Waals surface area contributed by atoms with Crippen molar-refractivity contribution in [3.8, 4) is 0 Å². The summed E-state index contributed by atoms with van der Waals surface area (Å²) < 4.78 is 17.7. The lowest BCUT2D eigenvalue weighted by Gasteiger charge is -2.42. The molecule has 120 valence electrons.